The van der Waals surface area contributed by atoms with E-state index in [0.717, 1.165) is 5.56 Å². The lowest BCUT2D eigenvalue weighted by Gasteiger charge is -2.17. The van der Waals surface area contributed by atoms with Gasteiger partial charge in [0.1, 0.15) is 5.82 Å². The summed E-state index contributed by atoms with van der Waals surface area (Å²) in [7, 11) is 0. The van der Waals surface area contributed by atoms with Crippen LogP contribution in [-0.2, 0) is 16.1 Å². The molecule has 0 aromatic heterocycles. The van der Waals surface area contributed by atoms with Crippen molar-refractivity contribution in [1.29, 1.82) is 0 Å². The quantitative estimate of drug-likeness (QED) is 0.914. The van der Waals surface area contributed by atoms with Gasteiger partial charge >= 0.3 is 0 Å². The molecule has 2 aliphatic heterocycles. The Bertz CT molecular complexity index is 870. The molecule has 0 spiro atoms. The van der Waals surface area contributed by atoms with Crippen LogP contribution in [-0.4, -0.2) is 30.1 Å². The summed E-state index contributed by atoms with van der Waals surface area (Å²) in [6.45, 7) is 0.881. The van der Waals surface area contributed by atoms with Crippen molar-refractivity contribution in [3.63, 3.8) is 0 Å². The second kappa shape index (κ2) is 6.67. The number of benzene rings is 2. The number of amides is 2. The molecule has 0 saturated carbocycles. The molecule has 6 nitrogen and oxygen atoms in total. The summed E-state index contributed by atoms with van der Waals surface area (Å²) in [5, 5.41) is 2.56. The molecule has 2 aliphatic rings. The first-order valence-corrected chi connectivity index (χ1v) is 8.32. The van der Waals surface area contributed by atoms with E-state index in [2.05, 4.69) is 5.32 Å². The smallest absolute Gasteiger partial charge is 0.231 e. The van der Waals surface area contributed by atoms with Crippen LogP contribution in [0.5, 0.6) is 11.5 Å². The van der Waals surface area contributed by atoms with E-state index in [-0.39, 0.29) is 30.7 Å². The molecule has 0 bridgehead atoms. The number of anilines is 1. The minimum atomic E-state index is -0.504. The maximum atomic E-state index is 13.7. The zero-order valence-corrected chi connectivity index (χ0v) is 13.9. The number of likely N-dealkylation sites (tertiary alicyclic amines) is 1. The van der Waals surface area contributed by atoms with Crippen molar-refractivity contribution in [3.05, 3.63) is 53.8 Å². The number of carbonyl (C=O) groups is 2. The zero-order valence-electron chi connectivity index (χ0n) is 13.9. The monoisotopic (exact) mass is 356 g/mol. The summed E-state index contributed by atoms with van der Waals surface area (Å²) in [5.41, 5.74) is 1.02. The zero-order chi connectivity index (χ0) is 18.1. The third kappa shape index (κ3) is 3.20. The highest BCUT2D eigenvalue weighted by Gasteiger charge is 2.34. The van der Waals surface area contributed by atoms with Gasteiger partial charge < -0.3 is 19.7 Å². The molecule has 1 N–H and O–H groups in total. The molecule has 26 heavy (non-hydrogen) atoms. The van der Waals surface area contributed by atoms with Crippen molar-refractivity contribution >= 4 is 17.5 Å². The van der Waals surface area contributed by atoms with E-state index in [9.17, 15) is 14.0 Å². The van der Waals surface area contributed by atoms with E-state index in [0.29, 0.717) is 24.6 Å². The summed E-state index contributed by atoms with van der Waals surface area (Å²) in [5.74, 6) is -0.113. The predicted octanol–water partition coefficient (Wildman–Crippen LogP) is 2.54. The summed E-state index contributed by atoms with van der Waals surface area (Å²) in [4.78, 5) is 26.3. The van der Waals surface area contributed by atoms with E-state index in [1.807, 2.05) is 12.1 Å². The fraction of sp³-hybridized carbons (Fsp3) is 0.263. The van der Waals surface area contributed by atoms with Gasteiger partial charge in [0.2, 0.25) is 18.6 Å². The number of halogens is 1. The van der Waals surface area contributed by atoms with Crippen LogP contribution in [0.25, 0.3) is 0 Å². The van der Waals surface area contributed by atoms with Gasteiger partial charge in [-0.2, -0.15) is 0 Å². The molecule has 1 atom stereocenters. The maximum Gasteiger partial charge on any atom is 0.231 e. The largest absolute Gasteiger partial charge is 0.454 e. The third-order valence-corrected chi connectivity index (χ3v) is 4.53. The van der Waals surface area contributed by atoms with Crippen LogP contribution in [0, 0.1) is 11.7 Å². The van der Waals surface area contributed by atoms with Gasteiger partial charge in [-0.25, -0.2) is 4.39 Å². The standard InChI is InChI=1S/C19H17FN2O4/c20-14-3-1-2-4-15(14)21-19(24)13-8-18(23)22(10-13)9-12-5-6-16-17(7-12)26-11-25-16/h1-7,13H,8-11H2,(H,21,24). The molecule has 134 valence electrons. The van der Waals surface area contributed by atoms with Gasteiger partial charge in [0.05, 0.1) is 11.6 Å². The number of nitrogens with zero attached hydrogens (tertiary/aromatic N) is 1. The summed E-state index contributed by atoms with van der Waals surface area (Å²) < 4.78 is 24.3. The van der Waals surface area contributed by atoms with Crippen LogP contribution < -0.4 is 14.8 Å². The minimum absolute atomic E-state index is 0.101. The topological polar surface area (TPSA) is 67.9 Å². The Labute approximate surface area is 149 Å². The number of ether oxygens (including phenoxy) is 2. The molecule has 0 aliphatic carbocycles. The van der Waals surface area contributed by atoms with Gasteiger partial charge in [-0.15, -0.1) is 0 Å². The molecule has 0 radical (unpaired) electrons. The fourth-order valence-electron chi connectivity index (χ4n) is 3.16. The van der Waals surface area contributed by atoms with Gasteiger partial charge in [-0.05, 0) is 29.8 Å². The van der Waals surface area contributed by atoms with Crippen molar-refractivity contribution in [2.75, 3.05) is 18.7 Å². The normalized spacial score (nSPS) is 18.3. The van der Waals surface area contributed by atoms with Gasteiger partial charge in [0, 0.05) is 19.5 Å². The van der Waals surface area contributed by atoms with Crippen LogP contribution >= 0.6 is 0 Å². The third-order valence-electron chi connectivity index (χ3n) is 4.53. The van der Waals surface area contributed by atoms with Crippen molar-refractivity contribution < 1.29 is 23.5 Å². The second-order valence-electron chi connectivity index (χ2n) is 6.33. The molecule has 7 heteroatoms. The van der Waals surface area contributed by atoms with Gasteiger partial charge in [-0.1, -0.05) is 18.2 Å². The molecule has 2 aromatic rings. The molecule has 1 saturated heterocycles. The van der Waals surface area contributed by atoms with Crippen LogP contribution in [0.2, 0.25) is 0 Å². The van der Waals surface area contributed by atoms with Crippen LogP contribution in [0.3, 0.4) is 0 Å². The average Bonchev–Trinajstić information content (AvgIpc) is 3.23. The number of rotatable bonds is 4. The Morgan fingerprint density at radius 1 is 1.19 bits per heavy atom. The SMILES string of the molecule is O=C(Nc1ccccc1F)C1CC(=O)N(Cc2ccc3c(c2)OCO3)C1. The molecule has 4 rings (SSSR count). The van der Waals surface area contributed by atoms with E-state index < -0.39 is 11.7 Å². The Kier molecular flexibility index (Phi) is 4.20. The Balaban J connectivity index is 1.40. The predicted molar refractivity (Wildman–Crippen MR) is 91.1 cm³/mol. The maximum absolute atomic E-state index is 13.7. The number of hydrogen-bond acceptors (Lipinski definition) is 4. The van der Waals surface area contributed by atoms with Gasteiger partial charge in [0.15, 0.2) is 11.5 Å². The van der Waals surface area contributed by atoms with Gasteiger partial charge in [-0.3, -0.25) is 9.59 Å². The number of nitrogens with one attached hydrogen (secondary N) is 1. The van der Waals surface area contributed by atoms with Crippen LogP contribution in [0.4, 0.5) is 10.1 Å². The Morgan fingerprint density at radius 3 is 2.85 bits per heavy atom. The Morgan fingerprint density at radius 2 is 2.00 bits per heavy atom. The van der Waals surface area contributed by atoms with Crippen LogP contribution in [0.1, 0.15) is 12.0 Å². The molecule has 2 aromatic carbocycles. The number of para-hydroxylation sites is 1. The molecular formula is C19H17FN2O4. The lowest BCUT2D eigenvalue weighted by Crippen LogP contribution is -2.28. The summed E-state index contributed by atoms with van der Waals surface area (Å²) >= 11 is 0. The van der Waals surface area contributed by atoms with Crippen molar-refractivity contribution in [3.8, 4) is 11.5 Å². The van der Waals surface area contributed by atoms with E-state index >= 15 is 0 Å². The van der Waals surface area contributed by atoms with E-state index in [1.165, 1.54) is 12.1 Å². The highest BCUT2D eigenvalue weighted by molar-refractivity contribution is 5.97. The summed E-state index contributed by atoms with van der Waals surface area (Å²) in [6, 6.07) is 11.5. The average molecular weight is 356 g/mol. The van der Waals surface area contributed by atoms with Crippen LogP contribution in [0.15, 0.2) is 42.5 Å². The van der Waals surface area contributed by atoms with Crippen molar-refractivity contribution in [2.24, 2.45) is 5.92 Å². The number of hydrogen-bond donors (Lipinski definition) is 1. The molecular weight excluding hydrogens is 339 g/mol. The minimum Gasteiger partial charge on any atom is -0.454 e. The molecule has 2 amide bonds. The molecule has 2 heterocycles. The number of carbonyl (C=O) groups excluding carboxylic acids is 2. The first kappa shape index (κ1) is 16.4. The van der Waals surface area contributed by atoms with E-state index in [4.69, 9.17) is 9.47 Å². The number of fused-ring (bicyclic) bond motifs is 1. The van der Waals surface area contributed by atoms with Gasteiger partial charge in [0.25, 0.3) is 0 Å². The highest BCUT2D eigenvalue weighted by atomic mass is 19.1. The van der Waals surface area contributed by atoms with Crippen molar-refractivity contribution in [1.82, 2.24) is 4.90 Å². The molecule has 1 unspecified atom stereocenters. The molecule has 1 fully saturated rings. The fourth-order valence-corrected chi connectivity index (χ4v) is 3.16. The highest BCUT2D eigenvalue weighted by Crippen LogP contribution is 2.33. The lowest BCUT2D eigenvalue weighted by atomic mass is 10.1. The second-order valence-corrected chi connectivity index (χ2v) is 6.33. The lowest BCUT2D eigenvalue weighted by molar-refractivity contribution is -0.128. The summed E-state index contributed by atoms with van der Waals surface area (Å²) in [6.07, 6.45) is 0.116. The van der Waals surface area contributed by atoms with E-state index in [1.54, 1.807) is 23.1 Å². The Hall–Kier alpha value is -3.09. The first-order chi connectivity index (χ1) is 12.6. The first-order valence-electron chi connectivity index (χ1n) is 8.32. The van der Waals surface area contributed by atoms with Crippen molar-refractivity contribution in [2.45, 2.75) is 13.0 Å².